The molecular weight excluding hydrogens is 299 g/mol. The van der Waals surface area contributed by atoms with Gasteiger partial charge >= 0.3 is 0 Å². The summed E-state index contributed by atoms with van der Waals surface area (Å²) in [5.74, 6) is 5.68. The van der Waals surface area contributed by atoms with Crippen LogP contribution in [0.4, 0.5) is 0 Å². The van der Waals surface area contributed by atoms with E-state index in [9.17, 15) is 0 Å². The van der Waals surface area contributed by atoms with Crippen molar-refractivity contribution < 1.29 is 0 Å². The molecule has 0 saturated carbocycles. The maximum atomic E-state index is 6.20. The highest BCUT2D eigenvalue weighted by molar-refractivity contribution is 7.12. The van der Waals surface area contributed by atoms with Crippen molar-refractivity contribution in [2.75, 3.05) is 0 Å². The monoisotopic (exact) mass is 314 g/mol. The molecule has 1 aromatic heterocycles. The maximum Gasteiger partial charge on any atom is 0.0594 e. The molecule has 0 saturated heterocycles. The van der Waals surface area contributed by atoms with Crippen LogP contribution in [-0.4, -0.2) is 0 Å². The second-order valence-corrected chi connectivity index (χ2v) is 6.68. The first-order chi connectivity index (χ1) is 9.01. The van der Waals surface area contributed by atoms with E-state index >= 15 is 0 Å². The number of halogens is 2. The van der Waals surface area contributed by atoms with Gasteiger partial charge in [-0.3, -0.25) is 11.3 Å². The highest BCUT2D eigenvalue weighted by Crippen LogP contribution is 2.30. The molecule has 0 aliphatic heterocycles. The summed E-state index contributed by atoms with van der Waals surface area (Å²) in [4.78, 5) is 2.54. The molecule has 0 spiro atoms. The van der Waals surface area contributed by atoms with Crippen LogP contribution in [0.15, 0.2) is 24.3 Å². The first kappa shape index (κ1) is 14.8. The normalized spacial score (nSPS) is 12.7. The van der Waals surface area contributed by atoms with Gasteiger partial charge in [0.25, 0.3) is 0 Å². The number of benzene rings is 1. The molecule has 19 heavy (non-hydrogen) atoms. The van der Waals surface area contributed by atoms with Gasteiger partial charge in [0.2, 0.25) is 0 Å². The van der Waals surface area contributed by atoms with Gasteiger partial charge in [-0.2, -0.15) is 0 Å². The number of thiophene rings is 1. The Hall–Kier alpha value is -0.580. The number of hydrogen-bond donors (Lipinski definition) is 2. The van der Waals surface area contributed by atoms with E-state index in [1.165, 1.54) is 15.3 Å². The minimum absolute atomic E-state index is 0.0658. The minimum atomic E-state index is 0.0658. The third-order valence-corrected chi connectivity index (χ3v) is 5.02. The van der Waals surface area contributed by atoms with Crippen LogP contribution in [0.1, 0.15) is 26.9 Å². The zero-order valence-electron chi connectivity index (χ0n) is 10.8. The first-order valence-electron chi connectivity index (χ1n) is 5.98. The summed E-state index contributed by atoms with van der Waals surface area (Å²) in [5.41, 5.74) is 5.20. The van der Waals surface area contributed by atoms with Crippen LogP contribution in [0.5, 0.6) is 0 Å². The van der Waals surface area contributed by atoms with Crippen LogP contribution >= 0.6 is 34.5 Å². The van der Waals surface area contributed by atoms with E-state index in [2.05, 4.69) is 25.3 Å². The molecule has 0 aliphatic rings. The Balaban J connectivity index is 2.23. The number of nitrogens with two attached hydrogens (primary N) is 1. The summed E-state index contributed by atoms with van der Waals surface area (Å²) in [5, 5.41) is 1.33. The number of hydrogen-bond acceptors (Lipinski definition) is 3. The van der Waals surface area contributed by atoms with Gasteiger partial charge in [-0.1, -0.05) is 29.3 Å². The predicted octanol–water partition coefficient (Wildman–Crippen LogP) is 4.42. The highest BCUT2D eigenvalue weighted by atomic mass is 35.5. The topological polar surface area (TPSA) is 38.0 Å². The summed E-state index contributed by atoms with van der Waals surface area (Å²) in [6, 6.07) is 7.80. The molecule has 2 aromatic rings. The average Bonchev–Trinajstić information content (AvgIpc) is 2.68. The molecule has 0 radical (unpaired) electrons. The van der Waals surface area contributed by atoms with Crippen LogP contribution < -0.4 is 11.3 Å². The van der Waals surface area contributed by atoms with Crippen molar-refractivity contribution in [3.63, 3.8) is 0 Å². The smallest absolute Gasteiger partial charge is 0.0594 e. The fraction of sp³-hybridized carbons (Fsp3) is 0.286. The van der Waals surface area contributed by atoms with Crippen molar-refractivity contribution in [1.82, 2.24) is 5.43 Å². The largest absolute Gasteiger partial charge is 0.271 e. The fourth-order valence-corrected chi connectivity index (χ4v) is 3.51. The third-order valence-electron chi connectivity index (χ3n) is 3.17. The zero-order chi connectivity index (χ0) is 14.0. The highest BCUT2D eigenvalue weighted by Gasteiger charge is 2.15. The quantitative estimate of drug-likeness (QED) is 0.647. The molecule has 0 amide bonds. The second kappa shape index (κ2) is 6.25. The zero-order valence-corrected chi connectivity index (χ0v) is 13.2. The van der Waals surface area contributed by atoms with E-state index in [4.69, 9.17) is 29.0 Å². The van der Waals surface area contributed by atoms with Gasteiger partial charge in [0.15, 0.2) is 0 Å². The Bertz CT molecular complexity index is 561. The van der Waals surface area contributed by atoms with Crippen molar-refractivity contribution in [2.45, 2.75) is 26.3 Å². The molecule has 2 nitrogen and oxygen atoms in total. The van der Waals surface area contributed by atoms with Crippen LogP contribution in [0.25, 0.3) is 0 Å². The van der Waals surface area contributed by atoms with Gasteiger partial charge < -0.3 is 0 Å². The standard InChI is InChI=1S/C14H16Cl2N2S/c1-8-5-14(19-9(8)2)13(18-17)6-10-3-4-11(15)7-12(10)16/h3-5,7,13,18H,6,17H2,1-2H3. The molecule has 1 heterocycles. The Morgan fingerprint density at radius 2 is 2.00 bits per heavy atom. The third kappa shape index (κ3) is 3.50. The van der Waals surface area contributed by atoms with Crippen molar-refractivity contribution in [3.8, 4) is 0 Å². The van der Waals surface area contributed by atoms with Gasteiger partial charge in [-0.15, -0.1) is 11.3 Å². The Morgan fingerprint density at radius 1 is 1.26 bits per heavy atom. The van der Waals surface area contributed by atoms with E-state index in [0.717, 1.165) is 12.0 Å². The summed E-state index contributed by atoms with van der Waals surface area (Å²) in [6.45, 7) is 4.23. The molecule has 2 rings (SSSR count). The molecule has 3 N–H and O–H groups in total. The van der Waals surface area contributed by atoms with E-state index < -0.39 is 0 Å². The lowest BCUT2D eigenvalue weighted by Gasteiger charge is -2.15. The van der Waals surface area contributed by atoms with E-state index in [-0.39, 0.29) is 6.04 Å². The fourth-order valence-electron chi connectivity index (χ4n) is 1.92. The Labute approximate surface area is 127 Å². The summed E-state index contributed by atoms with van der Waals surface area (Å²) < 4.78 is 0. The molecule has 0 aliphatic carbocycles. The molecule has 5 heteroatoms. The van der Waals surface area contributed by atoms with Gasteiger partial charge in [-0.25, -0.2) is 0 Å². The van der Waals surface area contributed by atoms with Gasteiger partial charge in [0, 0.05) is 19.8 Å². The minimum Gasteiger partial charge on any atom is -0.271 e. The van der Waals surface area contributed by atoms with Gasteiger partial charge in [0.05, 0.1) is 6.04 Å². The maximum absolute atomic E-state index is 6.20. The molecule has 0 bridgehead atoms. The molecular formula is C14H16Cl2N2S. The van der Waals surface area contributed by atoms with Crippen LogP contribution in [0.3, 0.4) is 0 Å². The number of hydrazine groups is 1. The van der Waals surface area contributed by atoms with Crippen molar-refractivity contribution >= 4 is 34.5 Å². The lowest BCUT2D eigenvalue weighted by atomic mass is 10.0. The van der Waals surface area contributed by atoms with Gasteiger partial charge in [0.1, 0.15) is 0 Å². The summed E-state index contributed by atoms with van der Waals surface area (Å²) in [7, 11) is 0. The lowest BCUT2D eigenvalue weighted by Crippen LogP contribution is -2.29. The molecule has 102 valence electrons. The summed E-state index contributed by atoms with van der Waals surface area (Å²) in [6.07, 6.45) is 0.742. The predicted molar refractivity (Wildman–Crippen MR) is 84.0 cm³/mol. The van der Waals surface area contributed by atoms with E-state index in [1.54, 1.807) is 17.4 Å². The molecule has 1 aromatic carbocycles. The van der Waals surface area contributed by atoms with E-state index in [1.807, 2.05) is 12.1 Å². The van der Waals surface area contributed by atoms with Crippen molar-refractivity contribution in [2.24, 2.45) is 5.84 Å². The molecule has 0 fully saturated rings. The van der Waals surface area contributed by atoms with Crippen molar-refractivity contribution in [1.29, 1.82) is 0 Å². The van der Waals surface area contributed by atoms with Crippen molar-refractivity contribution in [3.05, 3.63) is 55.2 Å². The van der Waals surface area contributed by atoms with Crippen LogP contribution in [0, 0.1) is 13.8 Å². The second-order valence-electron chi connectivity index (χ2n) is 4.55. The number of aryl methyl sites for hydroxylation is 2. The SMILES string of the molecule is Cc1cc(C(Cc2ccc(Cl)cc2Cl)NN)sc1C. The van der Waals surface area contributed by atoms with E-state index in [0.29, 0.717) is 10.0 Å². The Morgan fingerprint density at radius 3 is 2.53 bits per heavy atom. The number of nitrogens with one attached hydrogen (secondary N) is 1. The van der Waals surface area contributed by atoms with Gasteiger partial charge in [-0.05, 0) is 49.6 Å². The van der Waals surface area contributed by atoms with Crippen LogP contribution in [0.2, 0.25) is 10.0 Å². The molecule has 1 unspecified atom stereocenters. The average molecular weight is 315 g/mol. The Kier molecular flexibility index (Phi) is 4.87. The van der Waals surface area contributed by atoms with Crippen LogP contribution in [-0.2, 0) is 6.42 Å². The lowest BCUT2D eigenvalue weighted by molar-refractivity contribution is 0.560. The summed E-state index contributed by atoms with van der Waals surface area (Å²) >= 11 is 13.9. The first-order valence-corrected chi connectivity index (χ1v) is 7.55. The molecule has 1 atom stereocenters. The number of rotatable bonds is 4.